The van der Waals surface area contributed by atoms with Gasteiger partial charge in [-0.25, -0.2) is 9.59 Å². The first-order valence-corrected chi connectivity index (χ1v) is 15.2. The maximum Gasteiger partial charge on any atom is 0.338 e. The molecular weight excluding hydrogens is 584 g/mol. The zero-order valence-electron chi connectivity index (χ0n) is 26.4. The molecule has 0 atom stereocenters. The highest BCUT2D eigenvalue weighted by molar-refractivity contribution is 6.04. The summed E-state index contributed by atoms with van der Waals surface area (Å²) in [5.41, 5.74) is 2.27. The molecule has 0 unspecified atom stereocenters. The van der Waals surface area contributed by atoms with Crippen LogP contribution in [0.15, 0.2) is 97.1 Å². The van der Waals surface area contributed by atoms with Crippen molar-refractivity contribution in [3.05, 3.63) is 119 Å². The third kappa shape index (κ3) is 6.92. The molecule has 0 N–H and O–H groups in total. The highest BCUT2D eigenvalue weighted by Gasteiger charge is 2.39. The van der Waals surface area contributed by atoms with Crippen molar-refractivity contribution in [2.45, 2.75) is 25.4 Å². The normalized spacial score (nSPS) is 12.9. The highest BCUT2D eigenvalue weighted by Crippen LogP contribution is 2.48. The first-order chi connectivity index (χ1) is 22.4. The van der Waals surface area contributed by atoms with Crippen molar-refractivity contribution in [2.75, 3.05) is 40.6 Å². The van der Waals surface area contributed by atoms with Gasteiger partial charge in [-0.2, -0.15) is 0 Å². The monoisotopic (exact) mass is 622 g/mol. The Hall–Kier alpha value is -5.08. The number of methoxy groups -OCH3 is 2. The molecule has 46 heavy (non-hydrogen) atoms. The van der Waals surface area contributed by atoms with Crippen LogP contribution < -0.4 is 14.2 Å². The molecule has 4 aromatic rings. The average Bonchev–Trinajstić information content (AvgIpc) is 3.10. The van der Waals surface area contributed by atoms with Crippen LogP contribution in [-0.4, -0.2) is 52.6 Å². The number of esters is 2. The minimum absolute atomic E-state index is 0.0742. The lowest BCUT2D eigenvalue weighted by atomic mass is 9.82. The van der Waals surface area contributed by atoms with Gasteiger partial charge in [0.25, 0.3) is 0 Å². The molecule has 0 spiro atoms. The first-order valence-electron chi connectivity index (χ1n) is 15.2. The number of benzene rings is 4. The van der Waals surface area contributed by atoms with Gasteiger partial charge >= 0.3 is 11.9 Å². The van der Waals surface area contributed by atoms with Crippen LogP contribution in [0.3, 0.4) is 0 Å². The molecule has 5 rings (SSSR count). The van der Waals surface area contributed by atoms with Crippen LogP contribution in [0, 0.1) is 0 Å². The molecule has 238 valence electrons. The molecule has 0 fully saturated rings. The summed E-state index contributed by atoms with van der Waals surface area (Å²) in [6, 6.07) is 25.5. The van der Waals surface area contributed by atoms with Crippen LogP contribution in [-0.2, 0) is 24.6 Å². The van der Waals surface area contributed by atoms with E-state index >= 15 is 0 Å². The zero-order chi connectivity index (χ0) is 32.5. The molecule has 0 amide bonds. The number of rotatable bonds is 14. The standard InChI is InChI=1S/C38H38O8/c1-26(2)36(39)44-20-12-11-19-43-21-22-45-37(40)32-23-27-24-33(41-3)34(42-4)25-31(27)35-30(32)17-18-38(46-35,28-13-7-5-8-14-28)29-15-9-6-10-16-29/h5-10,13-18,23-25H,1,11-12,19-22H2,2-4H3. The van der Waals surface area contributed by atoms with E-state index in [2.05, 4.69) is 6.58 Å². The van der Waals surface area contributed by atoms with Gasteiger partial charge in [0.2, 0.25) is 0 Å². The van der Waals surface area contributed by atoms with Crippen molar-refractivity contribution >= 4 is 28.8 Å². The van der Waals surface area contributed by atoms with Gasteiger partial charge in [-0.1, -0.05) is 67.2 Å². The molecular formula is C38H38O8. The maximum absolute atomic E-state index is 13.6. The van der Waals surface area contributed by atoms with E-state index in [1.165, 1.54) is 0 Å². The fourth-order valence-electron chi connectivity index (χ4n) is 5.37. The minimum atomic E-state index is -0.950. The van der Waals surface area contributed by atoms with Crippen molar-refractivity contribution in [3.8, 4) is 17.2 Å². The molecule has 8 heteroatoms. The summed E-state index contributed by atoms with van der Waals surface area (Å²) in [5.74, 6) is 0.711. The smallest absolute Gasteiger partial charge is 0.338 e. The fourth-order valence-corrected chi connectivity index (χ4v) is 5.37. The van der Waals surface area contributed by atoms with Crippen molar-refractivity contribution in [1.82, 2.24) is 0 Å². The van der Waals surface area contributed by atoms with Crippen molar-refractivity contribution in [3.63, 3.8) is 0 Å². The predicted molar refractivity (Wildman–Crippen MR) is 176 cm³/mol. The highest BCUT2D eigenvalue weighted by atomic mass is 16.6. The molecule has 1 aliphatic heterocycles. The third-order valence-electron chi connectivity index (χ3n) is 7.73. The van der Waals surface area contributed by atoms with Crippen LogP contribution in [0.2, 0.25) is 0 Å². The maximum atomic E-state index is 13.6. The second kappa shape index (κ2) is 14.8. The molecule has 4 aromatic carbocycles. The van der Waals surface area contributed by atoms with Gasteiger partial charge in [-0.3, -0.25) is 0 Å². The fraction of sp³-hybridized carbons (Fsp3) is 0.263. The zero-order valence-corrected chi connectivity index (χ0v) is 26.4. The number of hydrogen-bond donors (Lipinski definition) is 0. The Morgan fingerprint density at radius 1 is 0.783 bits per heavy atom. The summed E-state index contributed by atoms with van der Waals surface area (Å²) in [5, 5.41) is 1.50. The van der Waals surface area contributed by atoms with Crippen LogP contribution in [0.1, 0.15) is 46.8 Å². The SMILES string of the molecule is C=C(C)C(=O)OCCCCOCCOC(=O)c1cc2cc(OC)c(OC)cc2c2c1C=CC(c1ccccc1)(c1ccccc1)O2. The van der Waals surface area contributed by atoms with E-state index < -0.39 is 17.5 Å². The topological polar surface area (TPSA) is 89.5 Å². The number of ether oxygens (including phenoxy) is 6. The quantitative estimate of drug-likeness (QED) is 0.0824. The molecule has 0 radical (unpaired) electrons. The predicted octanol–water partition coefficient (Wildman–Crippen LogP) is 7.28. The van der Waals surface area contributed by atoms with Crippen LogP contribution >= 0.6 is 0 Å². The van der Waals surface area contributed by atoms with Crippen molar-refractivity contribution < 1.29 is 38.0 Å². The van der Waals surface area contributed by atoms with Gasteiger partial charge in [0.1, 0.15) is 12.4 Å². The Morgan fingerprint density at radius 3 is 2.04 bits per heavy atom. The summed E-state index contributed by atoms with van der Waals surface area (Å²) < 4.78 is 34.6. The number of carbonyl (C=O) groups is 2. The van der Waals surface area contributed by atoms with Crippen LogP contribution in [0.4, 0.5) is 0 Å². The van der Waals surface area contributed by atoms with E-state index in [4.69, 9.17) is 28.4 Å². The first kappa shape index (κ1) is 32.3. The van der Waals surface area contributed by atoms with Gasteiger partial charge in [0, 0.05) is 34.3 Å². The van der Waals surface area contributed by atoms with Gasteiger partial charge in [0.05, 0.1) is 33.0 Å². The second-order valence-corrected chi connectivity index (χ2v) is 10.9. The largest absolute Gasteiger partial charge is 0.493 e. The molecule has 0 aliphatic carbocycles. The third-order valence-corrected chi connectivity index (χ3v) is 7.73. The van der Waals surface area contributed by atoms with Crippen molar-refractivity contribution in [2.24, 2.45) is 0 Å². The lowest BCUT2D eigenvalue weighted by Gasteiger charge is -2.37. The number of fused-ring (bicyclic) bond motifs is 3. The number of carbonyl (C=O) groups excluding carboxylic acids is 2. The molecule has 0 saturated carbocycles. The summed E-state index contributed by atoms with van der Waals surface area (Å²) >= 11 is 0. The van der Waals surface area contributed by atoms with Gasteiger partial charge in [0.15, 0.2) is 17.1 Å². The Labute approximate surface area is 269 Å². The molecule has 0 aromatic heterocycles. The van der Waals surface area contributed by atoms with Gasteiger partial charge in [-0.05, 0) is 55.5 Å². The summed E-state index contributed by atoms with van der Waals surface area (Å²) in [7, 11) is 3.16. The molecule has 0 saturated heterocycles. The number of hydrogen-bond acceptors (Lipinski definition) is 8. The average molecular weight is 623 g/mol. The Kier molecular flexibility index (Phi) is 10.4. The van der Waals surface area contributed by atoms with E-state index in [1.807, 2.05) is 84.9 Å². The van der Waals surface area contributed by atoms with Crippen LogP contribution in [0.25, 0.3) is 16.8 Å². The number of unbranched alkanes of at least 4 members (excludes halogenated alkanes) is 1. The van der Waals surface area contributed by atoms with E-state index in [9.17, 15) is 9.59 Å². The second-order valence-electron chi connectivity index (χ2n) is 10.9. The van der Waals surface area contributed by atoms with E-state index in [-0.39, 0.29) is 13.2 Å². The lowest BCUT2D eigenvalue weighted by Crippen LogP contribution is -2.34. The molecule has 1 heterocycles. The lowest BCUT2D eigenvalue weighted by molar-refractivity contribution is -0.139. The van der Waals surface area contributed by atoms with Crippen LogP contribution in [0.5, 0.6) is 17.2 Å². The summed E-state index contributed by atoms with van der Waals surface area (Å²) in [6.45, 7) is 6.24. The Bertz CT molecular complexity index is 1690. The Balaban J connectivity index is 1.40. The summed E-state index contributed by atoms with van der Waals surface area (Å²) in [6.07, 6.45) is 5.28. The van der Waals surface area contributed by atoms with Gasteiger partial charge in [-0.15, -0.1) is 0 Å². The van der Waals surface area contributed by atoms with E-state index in [1.54, 1.807) is 27.2 Å². The molecule has 1 aliphatic rings. The minimum Gasteiger partial charge on any atom is -0.493 e. The molecule has 0 bridgehead atoms. The summed E-state index contributed by atoms with van der Waals surface area (Å²) in [4.78, 5) is 25.0. The van der Waals surface area contributed by atoms with E-state index in [0.29, 0.717) is 60.0 Å². The van der Waals surface area contributed by atoms with Gasteiger partial charge < -0.3 is 28.4 Å². The van der Waals surface area contributed by atoms with E-state index in [0.717, 1.165) is 21.9 Å². The Morgan fingerprint density at radius 2 is 1.41 bits per heavy atom. The molecule has 8 nitrogen and oxygen atoms in total. The van der Waals surface area contributed by atoms with Crippen molar-refractivity contribution in [1.29, 1.82) is 0 Å².